The van der Waals surface area contributed by atoms with E-state index in [2.05, 4.69) is 10.1 Å². The van der Waals surface area contributed by atoms with Crippen LogP contribution in [0.2, 0.25) is 0 Å². The van der Waals surface area contributed by atoms with Crippen molar-refractivity contribution in [1.82, 2.24) is 0 Å². The Labute approximate surface area is 121 Å². The van der Waals surface area contributed by atoms with E-state index in [0.29, 0.717) is 25.7 Å². The van der Waals surface area contributed by atoms with E-state index in [9.17, 15) is 14.9 Å². The lowest BCUT2D eigenvalue weighted by atomic mass is 10.1. The minimum Gasteiger partial charge on any atom is -0.494 e. The summed E-state index contributed by atoms with van der Waals surface area (Å²) in [6.45, 7) is 1.79. The molecule has 0 aromatic heterocycles. The Hall–Kier alpha value is -2.35. The maximum atomic E-state index is 11.6. The van der Waals surface area contributed by atoms with Crippen LogP contribution in [-0.4, -0.2) is 44.9 Å². The van der Waals surface area contributed by atoms with Gasteiger partial charge in [-0.25, -0.2) is 4.79 Å². The Morgan fingerprint density at radius 3 is 2.67 bits per heavy atom. The number of anilines is 1. The third-order valence-electron chi connectivity index (χ3n) is 3.19. The molecule has 8 nitrogen and oxygen atoms in total. The number of hydrogen-bond acceptors (Lipinski definition) is 7. The normalized spacial score (nSPS) is 14.2. The van der Waals surface area contributed by atoms with Gasteiger partial charge >= 0.3 is 5.97 Å². The molecule has 2 rings (SSSR count). The Morgan fingerprint density at radius 2 is 2.19 bits per heavy atom. The summed E-state index contributed by atoms with van der Waals surface area (Å²) in [5, 5.41) is 14.2. The van der Waals surface area contributed by atoms with Gasteiger partial charge < -0.3 is 19.5 Å². The van der Waals surface area contributed by atoms with E-state index in [0.717, 1.165) is 0 Å². The first-order valence-electron chi connectivity index (χ1n) is 6.33. The van der Waals surface area contributed by atoms with Crippen molar-refractivity contribution in [2.24, 2.45) is 5.92 Å². The van der Waals surface area contributed by atoms with Gasteiger partial charge in [-0.15, -0.1) is 0 Å². The van der Waals surface area contributed by atoms with Crippen LogP contribution in [0.15, 0.2) is 12.1 Å². The molecule has 0 radical (unpaired) electrons. The molecule has 0 unspecified atom stereocenters. The molecule has 0 atom stereocenters. The van der Waals surface area contributed by atoms with Crippen LogP contribution in [0.25, 0.3) is 0 Å². The molecule has 114 valence electrons. The van der Waals surface area contributed by atoms with Crippen LogP contribution in [0.5, 0.6) is 5.75 Å². The number of nitrogens with one attached hydrogen (secondary N) is 1. The number of rotatable bonds is 6. The van der Waals surface area contributed by atoms with Gasteiger partial charge in [0.2, 0.25) is 0 Å². The largest absolute Gasteiger partial charge is 0.494 e. The van der Waals surface area contributed by atoms with Crippen molar-refractivity contribution >= 4 is 17.3 Å². The van der Waals surface area contributed by atoms with E-state index in [1.165, 1.54) is 26.4 Å². The first-order chi connectivity index (χ1) is 10.1. The van der Waals surface area contributed by atoms with E-state index in [-0.39, 0.29) is 22.7 Å². The number of ether oxygens (including phenoxy) is 3. The number of hydrogen-bond donors (Lipinski definition) is 1. The lowest BCUT2D eigenvalue weighted by Crippen LogP contribution is -2.33. The number of carbonyl (C=O) groups excluding carboxylic acids is 1. The zero-order valence-electron chi connectivity index (χ0n) is 11.8. The standard InChI is InChI=1S/C13H16N2O6/c1-19-11-4-9(13(16)20-2)3-10(15(17)18)12(11)14-5-8-6-21-7-8/h3-4,8,14H,5-7H2,1-2H3. The van der Waals surface area contributed by atoms with E-state index in [4.69, 9.17) is 9.47 Å². The minimum atomic E-state index is -0.657. The number of methoxy groups -OCH3 is 2. The molecule has 1 aliphatic rings. The second-order valence-corrected chi connectivity index (χ2v) is 4.61. The lowest BCUT2D eigenvalue weighted by Gasteiger charge is -2.26. The van der Waals surface area contributed by atoms with Gasteiger partial charge in [0.05, 0.1) is 37.9 Å². The summed E-state index contributed by atoms with van der Waals surface area (Å²) in [7, 11) is 2.60. The van der Waals surface area contributed by atoms with Crippen molar-refractivity contribution in [2.75, 3.05) is 39.3 Å². The van der Waals surface area contributed by atoms with Gasteiger partial charge in [-0.3, -0.25) is 10.1 Å². The predicted octanol–water partition coefficient (Wildman–Crippen LogP) is 1.45. The molecule has 1 heterocycles. The molecule has 1 aromatic rings. The van der Waals surface area contributed by atoms with E-state index in [1.54, 1.807) is 0 Å². The van der Waals surface area contributed by atoms with Crippen LogP contribution in [0.3, 0.4) is 0 Å². The Kier molecular flexibility index (Phi) is 4.59. The number of nitrogens with zero attached hydrogens (tertiary/aromatic N) is 1. The van der Waals surface area contributed by atoms with Gasteiger partial charge in [-0.2, -0.15) is 0 Å². The second kappa shape index (κ2) is 6.40. The van der Waals surface area contributed by atoms with Crippen molar-refractivity contribution in [3.8, 4) is 5.75 Å². The molecule has 21 heavy (non-hydrogen) atoms. The molecule has 1 saturated heterocycles. The number of nitro benzene ring substituents is 1. The van der Waals surface area contributed by atoms with Gasteiger partial charge in [0.15, 0.2) is 5.69 Å². The van der Waals surface area contributed by atoms with Crippen LogP contribution < -0.4 is 10.1 Å². The highest BCUT2D eigenvalue weighted by Gasteiger charge is 2.25. The Balaban J connectivity index is 2.34. The molecule has 1 fully saturated rings. The van der Waals surface area contributed by atoms with E-state index < -0.39 is 10.9 Å². The van der Waals surface area contributed by atoms with Gasteiger partial charge in [0.1, 0.15) is 5.75 Å². The lowest BCUT2D eigenvalue weighted by molar-refractivity contribution is -0.384. The molecule has 8 heteroatoms. The van der Waals surface area contributed by atoms with E-state index >= 15 is 0 Å². The molecule has 0 amide bonds. The predicted molar refractivity (Wildman–Crippen MR) is 73.8 cm³/mol. The Bertz CT molecular complexity index is 556. The van der Waals surface area contributed by atoms with Gasteiger partial charge in [0.25, 0.3) is 5.69 Å². The molecule has 1 N–H and O–H groups in total. The molecule has 1 aromatic carbocycles. The van der Waals surface area contributed by atoms with E-state index in [1.807, 2.05) is 0 Å². The second-order valence-electron chi connectivity index (χ2n) is 4.61. The van der Waals surface area contributed by atoms with Crippen molar-refractivity contribution < 1.29 is 23.9 Å². The first kappa shape index (κ1) is 15.0. The zero-order chi connectivity index (χ0) is 15.4. The molecule has 0 spiro atoms. The van der Waals surface area contributed by atoms with Crippen molar-refractivity contribution in [3.63, 3.8) is 0 Å². The summed E-state index contributed by atoms with van der Waals surface area (Å²) < 4.78 is 14.8. The Morgan fingerprint density at radius 1 is 1.48 bits per heavy atom. The number of nitro groups is 1. The van der Waals surface area contributed by atoms with Gasteiger partial charge in [-0.1, -0.05) is 0 Å². The molecule has 0 bridgehead atoms. The highest BCUT2D eigenvalue weighted by atomic mass is 16.6. The maximum Gasteiger partial charge on any atom is 0.338 e. The SMILES string of the molecule is COC(=O)c1cc(OC)c(NCC2COC2)c([N+](=O)[O-])c1. The fraction of sp³-hybridized carbons (Fsp3) is 0.462. The topological polar surface area (TPSA) is 99.9 Å². The number of esters is 1. The highest BCUT2D eigenvalue weighted by molar-refractivity contribution is 5.92. The van der Waals surface area contributed by atoms with Crippen LogP contribution in [-0.2, 0) is 9.47 Å². The fourth-order valence-corrected chi connectivity index (χ4v) is 1.97. The van der Waals surface area contributed by atoms with Crippen molar-refractivity contribution in [2.45, 2.75) is 0 Å². The van der Waals surface area contributed by atoms with Crippen LogP contribution in [0.1, 0.15) is 10.4 Å². The summed E-state index contributed by atoms with van der Waals surface area (Å²) in [5.74, 6) is -0.116. The summed E-state index contributed by atoms with van der Waals surface area (Å²) in [5.41, 5.74) is 0.0932. The molecular formula is C13H16N2O6. The molecule has 0 saturated carbocycles. The summed E-state index contributed by atoms with van der Waals surface area (Å²) in [6.07, 6.45) is 0. The fourth-order valence-electron chi connectivity index (χ4n) is 1.97. The molecule has 1 aliphatic heterocycles. The quantitative estimate of drug-likeness (QED) is 0.481. The average molecular weight is 296 g/mol. The van der Waals surface area contributed by atoms with Crippen LogP contribution in [0, 0.1) is 16.0 Å². The van der Waals surface area contributed by atoms with Crippen molar-refractivity contribution in [1.29, 1.82) is 0 Å². The highest BCUT2D eigenvalue weighted by Crippen LogP contribution is 2.36. The molecule has 0 aliphatic carbocycles. The van der Waals surface area contributed by atoms with Gasteiger partial charge in [0, 0.05) is 18.5 Å². The van der Waals surface area contributed by atoms with Crippen LogP contribution >= 0.6 is 0 Å². The maximum absolute atomic E-state index is 11.6. The molecular weight excluding hydrogens is 280 g/mol. The monoisotopic (exact) mass is 296 g/mol. The summed E-state index contributed by atoms with van der Waals surface area (Å²) in [6, 6.07) is 2.59. The smallest absolute Gasteiger partial charge is 0.338 e. The van der Waals surface area contributed by atoms with Crippen LogP contribution in [0.4, 0.5) is 11.4 Å². The summed E-state index contributed by atoms with van der Waals surface area (Å²) >= 11 is 0. The number of carbonyl (C=O) groups is 1. The van der Waals surface area contributed by atoms with Gasteiger partial charge in [-0.05, 0) is 6.07 Å². The third-order valence-corrected chi connectivity index (χ3v) is 3.19. The van der Waals surface area contributed by atoms with Crippen molar-refractivity contribution in [3.05, 3.63) is 27.8 Å². The third kappa shape index (κ3) is 3.22. The zero-order valence-corrected chi connectivity index (χ0v) is 11.8. The summed E-state index contributed by atoms with van der Waals surface area (Å²) in [4.78, 5) is 22.2. The average Bonchev–Trinajstić information content (AvgIpc) is 2.44. The minimum absolute atomic E-state index is 0.0681. The number of benzene rings is 1. The first-order valence-corrected chi connectivity index (χ1v) is 6.33.